The minimum Gasteiger partial charge on any atom is -0.446 e. The molecule has 0 spiro atoms. The number of hydrogen-bond acceptors (Lipinski definition) is 6. The molecule has 1 aliphatic heterocycles. The lowest BCUT2D eigenvalue weighted by Gasteiger charge is -2.24. The predicted molar refractivity (Wildman–Crippen MR) is 105 cm³/mol. The Kier molecular flexibility index (Phi) is 8.63. The Hall–Kier alpha value is -2.42. The number of rotatable bonds is 11. The molecule has 0 saturated carbocycles. The number of nitrogens with one attached hydrogen (secondary N) is 1. The summed E-state index contributed by atoms with van der Waals surface area (Å²) in [6.07, 6.45) is 5.84. The molecule has 1 saturated heterocycles. The van der Waals surface area contributed by atoms with Gasteiger partial charge in [0.05, 0.1) is 12.5 Å². The maximum atomic E-state index is 12.8. The number of aromatic nitrogens is 1. The fourth-order valence-corrected chi connectivity index (χ4v) is 3.42. The molecule has 1 aromatic rings. The van der Waals surface area contributed by atoms with Crippen LogP contribution in [-0.4, -0.2) is 58.0 Å². The van der Waals surface area contributed by atoms with Crippen LogP contribution in [0.25, 0.3) is 0 Å². The first-order chi connectivity index (χ1) is 13.9. The predicted octanol–water partition coefficient (Wildman–Crippen LogP) is 2.38. The van der Waals surface area contributed by atoms with Crippen molar-refractivity contribution in [3.05, 3.63) is 17.8 Å². The third kappa shape index (κ3) is 6.28. The van der Waals surface area contributed by atoms with E-state index in [4.69, 9.17) is 4.42 Å². The number of nitrogens with zero attached hydrogens (tertiary/aromatic N) is 3. The fourth-order valence-electron chi connectivity index (χ4n) is 3.42. The van der Waals surface area contributed by atoms with E-state index in [1.54, 1.807) is 4.90 Å². The number of unbranched alkanes of at least 4 members (excludes halogenated alkanes) is 1. The number of likely N-dealkylation sites (tertiary alicyclic amines) is 1. The van der Waals surface area contributed by atoms with Crippen LogP contribution in [0.4, 0.5) is 0 Å². The zero-order chi connectivity index (χ0) is 21.4. The molecule has 1 aliphatic rings. The summed E-state index contributed by atoms with van der Waals surface area (Å²) in [7, 11) is 0. The van der Waals surface area contributed by atoms with Gasteiger partial charge in [-0.3, -0.25) is 19.6 Å². The second kappa shape index (κ2) is 10.9. The van der Waals surface area contributed by atoms with Gasteiger partial charge in [-0.25, -0.2) is 10.0 Å². The molecule has 2 rings (SSSR count). The van der Waals surface area contributed by atoms with Crippen LogP contribution >= 0.6 is 0 Å². The van der Waals surface area contributed by atoms with Crippen LogP contribution in [0, 0.1) is 11.8 Å². The second-order valence-electron chi connectivity index (χ2n) is 7.87. The lowest BCUT2D eigenvalue weighted by molar-refractivity contribution is -0.154. The van der Waals surface area contributed by atoms with Gasteiger partial charge in [-0.15, -0.1) is 0 Å². The molecule has 2 heterocycles. The van der Waals surface area contributed by atoms with E-state index in [2.05, 4.69) is 10.3 Å². The van der Waals surface area contributed by atoms with E-state index in [1.807, 2.05) is 20.8 Å². The Bertz CT molecular complexity index is 684. The summed E-state index contributed by atoms with van der Waals surface area (Å²) in [5, 5.41) is 12.9. The first-order valence-electron chi connectivity index (χ1n) is 10.3. The zero-order valence-electron chi connectivity index (χ0n) is 17.5. The molecule has 2 N–H and O–H groups in total. The number of amides is 3. The average Bonchev–Trinajstić information content (AvgIpc) is 3.40. The maximum Gasteiger partial charge on any atom is 0.275 e. The number of carbonyl (C=O) groups excluding carboxylic acids is 3. The molecule has 3 amide bonds. The average molecular weight is 408 g/mol. The summed E-state index contributed by atoms with van der Waals surface area (Å²) in [5.41, 5.74) is 0.242. The van der Waals surface area contributed by atoms with E-state index in [0.717, 1.165) is 38.8 Å². The van der Waals surface area contributed by atoms with E-state index in [1.165, 1.54) is 6.26 Å². The summed E-state index contributed by atoms with van der Waals surface area (Å²) < 4.78 is 5.54. The Balaban J connectivity index is 2.10. The van der Waals surface area contributed by atoms with Gasteiger partial charge in [0.2, 0.25) is 18.2 Å². The van der Waals surface area contributed by atoms with Crippen LogP contribution in [0.5, 0.6) is 0 Å². The molecule has 0 unspecified atom stereocenters. The van der Waals surface area contributed by atoms with Crippen molar-refractivity contribution in [1.82, 2.24) is 20.3 Å². The van der Waals surface area contributed by atoms with E-state index < -0.39 is 12.0 Å². The van der Waals surface area contributed by atoms with Crippen LogP contribution in [0.3, 0.4) is 0 Å². The lowest BCUT2D eigenvalue weighted by Crippen LogP contribution is -2.40. The molecule has 1 aromatic heterocycles. The highest BCUT2D eigenvalue weighted by Gasteiger charge is 2.30. The van der Waals surface area contributed by atoms with Crippen LogP contribution in [0.2, 0.25) is 0 Å². The van der Waals surface area contributed by atoms with Gasteiger partial charge in [-0.1, -0.05) is 33.6 Å². The van der Waals surface area contributed by atoms with E-state index in [0.29, 0.717) is 11.5 Å². The van der Waals surface area contributed by atoms with Gasteiger partial charge < -0.3 is 14.6 Å². The normalized spacial score (nSPS) is 16.0. The molecule has 0 radical (unpaired) electrons. The summed E-state index contributed by atoms with van der Waals surface area (Å²) in [6, 6.07) is -0.518. The lowest BCUT2D eigenvalue weighted by atomic mass is 9.98. The molecule has 9 heteroatoms. The SMILES string of the molecule is CCCC[C@H](CN(O)C=O)C(=O)N[C@H](c1nc(C(=O)N2CCCC2)co1)C(C)C. The van der Waals surface area contributed by atoms with Gasteiger partial charge in [-0.05, 0) is 25.2 Å². The molecule has 29 heavy (non-hydrogen) atoms. The number of hydroxylamine groups is 2. The van der Waals surface area contributed by atoms with Gasteiger partial charge >= 0.3 is 0 Å². The van der Waals surface area contributed by atoms with Gasteiger partial charge in [-0.2, -0.15) is 0 Å². The Morgan fingerprint density at radius 3 is 2.66 bits per heavy atom. The summed E-state index contributed by atoms with van der Waals surface area (Å²) in [5.74, 6) is -0.748. The van der Waals surface area contributed by atoms with Crippen molar-refractivity contribution < 1.29 is 24.0 Å². The third-order valence-electron chi connectivity index (χ3n) is 5.17. The standard InChI is InChI=1S/C20H32N4O5/c1-4-5-8-15(11-24(28)13-25)18(26)22-17(14(2)3)19-21-16(12-29-19)20(27)23-9-6-7-10-23/h12-15,17,28H,4-11H2,1-3H3,(H,22,26)/t15-,17+/m1/s1. The Morgan fingerprint density at radius 2 is 2.07 bits per heavy atom. The van der Waals surface area contributed by atoms with E-state index in [9.17, 15) is 19.6 Å². The molecule has 1 fully saturated rings. The largest absolute Gasteiger partial charge is 0.446 e. The summed E-state index contributed by atoms with van der Waals surface area (Å²) in [4.78, 5) is 42.2. The van der Waals surface area contributed by atoms with Crippen molar-refractivity contribution in [1.29, 1.82) is 0 Å². The third-order valence-corrected chi connectivity index (χ3v) is 5.17. The van der Waals surface area contributed by atoms with Crippen LogP contribution in [0.15, 0.2) is 10.7 Å². The highest BCUT2D eigenvalue weighted by molar-refractivity contribution is 5.92. The highest BCUT2D eigenvalue weighted by atomic mass is 16.5. The first-order valence-corrected chi connectivity index (χ1v) is 10.3. The Morgan fingerprint density at radius 1 is 1.38 bits per heavy atom. The van der Waals surface area contributed by atoms with Crippen molar-refractivity contribution in [2.24, 2.45) is 11.8 Å². The minimum absolute atomic E-state index is 0.0320. The van der Waals surface area contributed by atoms with Crippen molar-refractivity contribution >= 4 is 18.2 Å². The molecule has 2 atom stereocenters. The first kappa shape index (κ1) is 22.9. The molecule has 162 valence electrons. The topological polar surface area (TPSA) is 116 Å². The van der Waals surface area contributed by atoms with Gasteiger partial charge in [0.1, 0.15) is 12.3 Å². The van der Waals surface area contributed by atoms with Crippen LogP contribution in [0.1, 0.15) is 75.3 Å². The van der Waals surface area contributed by atoms with E-state index in [-0.39, 0.29) is 42.3 Å². The van der Waals surface area contributed by atoms with Crippen molar-refractivity contribution in [3.63, 3.8) is 0 Å². The summed E-state index contributed by atoms with van der Waals surface area (Å²) in [6.45, 7) is 7.21. The zero-order valence-corrected chi connectivity index (χ0v) is 17.5. The molecular formula is C20H32N4O5. The molecule has 0 aliphatic carbocycles. The van der Waals surface area contributed by atoms with Crippen LogP contribution in [-0.2, 0) is 9.59 Å². The molecule has 0 bridgehead atoms. The summed E-state index contributed by atoms with van der Waals surface area (Å²) >= 11 is 0. The highest BCUT2D eigenvalue weighted by Crippen LogP contribution is 2.23. The number of carbonyl (C=O) groups is 3. The maximum absolute atomic E-state index is 12.8. The van der Waals surface area contributed by atoms with E-state index >= 15 is 0 Å². The number of oxazole rings is 1. The van der Waals surface area contributed by atoms with Crippen molar-refractivity contribution in [3.8, 4) is 0 Å². The monoisotopic (exact) mass is 408 g/mol. The van der Waals surface area contributed by atoms with Crippen molar-refractivity contribution in [2.75, 3.05) is 19.6 Å². The molecular weight excluding hydrogens is 376 g/mol. The van der Waals surface area contributed by atoms with Crippen molar-refractivity contribution in [2.45, 2.75) is 58.9 Å². The quantitative estimate of drug-likeness (QED) is 0.330. The van der Waals surface area contributed by atoms with Crippen LogP contribution < -0.4 is 5.32 Å². The fraction of sp³-hybridized carbons (Fsp3) is 0.700. The number of hydrogen-bond donors (Lipinski definition) is 2. The smallest absolute Gasteiger partial charge is 0.275 e. The van der Waals surface area contributed by atoms with Gasteiger partial charge in [0, 0.05) is 13.1 Å². The molecule has 0 aromatic carbocycles. The Labute approximate surface area is 171 Å². The van der Waals surface area contributed by atoms with Gasteiger partial charge in [0.15, 0.2) is 5.69 Å². The second-order valence-corrected chi connectivity index (χ2v) is 7.87. The van der Waals surface area contributed by atoms with Gasteiger partial charge in [0.25, 0.3) is 5.91 Å². The molecule has 9 nitrogen and oxygen atoms in total. The minimum atomic E-state index is -0.549.